The molecule has 0 atom stereocenters. The fourth-order valence-electron chi connectivity index (χ4n) is 1.97. The van der Waals surface area contributed by atoms with Crippen molar-refractivity contribution in [1.82, 2.24) is 10.2 Å². The molecule has 0 saturated heterocycles. The van der Waals surface area contributed by atoms with Crippen LogP contribution in [0, 0.1) is 0 Å². The molecule has 0 unspecified atom stereocenters. The van der Waals surface area contributed by atoms with Gasteiger partial charge in [-0.1, -0.05) is 12.1 Å². The number of carbonyl (C=O) groups excluding carboxylic acids is 2. The summed E-state index contributed by atoms with van der Waals surface area (Å²) in [5.74, 6) is -0.900. The van der Waals surface area contributed by atoms with Crippen molar-refractivity contribution in [1.29, 1.82) is 0 Å². The van der Waals surface area contributed by atoms with Crippen molar-refractivity contribution in [2.75, 3.05) is 32.0 Å². The number of amides is 2. The van der Waals surface area contributed by atoms with Crippen molar-refractivity contribution >= 4 is 17.5 Å². The van der Waals surface area contributed by atoms with Crippen LogP contribution in [0.15, 0.2) is 24.3 Å². The Balaban J connectivity index is 2.75. The van der Waals surface area contributed by atoms with Crippen molar-refractivity contribution in [2.24, 2.45) is 0 Å². The smallest absolute Gasteiger partial charge is 0.334 e. The number of rotatable bonds is 7. The second-order valence-corrected chi connectivity index (χ2v) is 4.85. The van der Waals surface area contributed by atoms with Crippen LogP contribution in [0.1, 0.15) is 18.9 Å². The molecule has 2 amide bonds. The standard InChI is InChI=1S/C15H20F3N3O2/c1-3-21(14(23)8-9-19-2)10-13(22)20-12-7-5-4-6-11(12)15(16,17)18/h4-7,19H,3,8-10H2,1-2H3,(H,20,22). The molecule has 23 heavy (non-hydrogen) atoms. The van der Waals surface area contributed by atoms with Gasteiger partial charge in [0.2, 0.25) is 11.8 Å². The minimum Gasteiger partial charge on any atom is -0.334 e. The van der Waals surface area contributed by atoms with Crippen molar-refractivity contribution in [2.45, 2.75) is 19.5 Å². The molecule has 0 fully saturated rings. The molecule has 0 spiro atoms. The zero-order chi connectivity index (χ0) is 17.5. The van der Waals surface area contributed by atoms with Gasteiger partial charge >= 0.3 is 6.18 Å². The fourth-order valence-corrected chi connectivity index (χ4v) is 1.97. The maximum Gasteiger partial charge on any atom is 0.418 e. The van der Waals surface area contributed by atoms with E-state index in [1.54, 1.807) is 14.0 Å². The van der Waals surface area contributed by atoms with E-state index in [1.807, 2.05) is 0 Å². The minimum absolute atomic E-state index is 0.219. The quantitative estimate of drug-likeness (QED) is 0.804. The number of alkyl halides is 3. The number of likely N-dealkylation sites (N-methyl/N-ethyl adjacent to an activating group) is 1. The van der Waals surface area contributed by atoms with Gasteiger partial charge in [-0.2, -0.15) is 13.2 Å². The Morgan fingerprint density at radius 1 is 1.22 bits per heavy atom. The molecule has 5 nitrogen and oxygen atoms in total. The molecule has 0 aliphatic carbocycles. The molecule has 0 heterocycles. The van der Waals surface area contributed by atoms with Crippen LogP contribution < -0.4 is 10.6 Å². The number of hydrogen-bond acceptors (Lipinski definition) is 3. The summed E-state index contributed by atoms with van der Waals surface area (Å²) in [7, 11) is 1.70. The van der Waals surface area contributed by atoms with Crippen LogP contribution in [0.3, 0.4) is 0 Å². The summed E-state index contributed by atoms with van der Waals surface area (Å²) in [6, 6.07) is 4.73. The maximum absolute atomic E-state index is 12.9. The number of benzene rings is 1. The predicted octanol–water partition coefficient (Wildman–Crippen LogP) is 2.10. The van der Waals surface area contributed by atoms with Gasteiger partial charge in [-0.05, 0) is 26.1 Å². The highest BCUT2D eigenvalue weighted by Gasteiger charge is 2.33. The summed E-state index contributed by atoms with van der Waals surface area (Å²) in [6.07, 6.45) is -4.34. The number of halogens is 3. The number of hydrogen-bond donors (Lipinski definition) is 2. The van der Waals surface area contributed by atoms with E-state index >= 15 is 0 Å². The lowest BCUT2D eigenvalue weighted by atomic mass is 10.1. The molecule has 1 rings (SSSR count). The normalized spacial score (nSPS) is 11.2. The van der Waals surface area contributed by atoms with E-state index in [-0.39, 0.29) is 24.6 Å². The molecule has 0 saturated carbocycles. The molecule has 1 aromatic carbocycles. The summed E-state index contributed by atoms with van der Waals surface area (Å²) >= 11 is 0. The third-order valence-corrected chi connectivity index (χ3v) is 3.16. The molecule has 0 aliphatic heterocycles. The lowest BCUT2D eigenvalue weighted by Gasteiger charge is -2.21. The minimum atomic E-state index is -4.56. The first-order valence-corrected chi connectivity index (χ1v) is 7.18. The molecule has 128 valence electrons. The Morgan fingerprint density at radius 3 is 2.43 bits per heavy atom. The predicted molar refractivity (Wildman–Crippen MR) is 80.9 cm³/mol. The van der Waals surface area contributed by atoms with Crippen LogP contribution in [-0.2, 0) is 15.8 Å². The topological polar surface area (TPSA) is 61.4 Å². The summed E-state index contributed by atoms with van der Waals surface area (Å²) in [5, 5.41) is 5.05. The van der Waals surface area contributed by atoms with E-state index < -0.39 is 17.6 Å². The Bertz CT molecular complexity index is 547. The highest BCUT2D eigenvalue weighted by Crippen LogP contribution is 2.34. The van der Waals surface area contributed by atoms with Gasteiger partial charge in [-0.25, -0.2) is 0 Å². The van der Waals surface area contributed by atoms with Gasteiger partial charge in [0.15, 0.2) is 0 Å². The number of nitrogens with zero attached hydrogens (tertiary/aromatic N) is 1. The van der Waals surface area contributed by atoms with Gasteiger partial charge in [-0.15, -0.1) is 0 Å². The Hall–Kier alpha value is -2.09. The second-order valence-electron chi connectivity index (χ2n) is 4.85. The largest absolute Gasteiger partial charge is 0.418 e. The monoisotopic (exact) mass is 331 g/mol. The molecule has 2 N–H and O–H groups in total. The van der Waals surface area contributed by atoms with Gasteiger partial charge in [0.1, 0.15) is 0 Å². The highest BCUT2D eigenvalue weighted by atomic mass is 19.4. The van der Waals surface area contributed by atoms with Crippen LogP contribution in [0.4, 0.5) is 18.9 Å². The Labute approximate surface area is 132 Å². The average molecular weight is 331 g/mol. The maximum atomic E-state index is 12.9. The van der Waals surface area contributed by atoms with Gasteiger partial charge in [-0.3, -0.25) is 9.59 Å². The van der Waals surface area contributed by atoms with Crippen molar-refractivity contribution in [3.63, 3.8) is 0 Å². The molecular formula is C15H20F3N3O2. The molecule has 0 aliphatic rings. The van der Waals surface area contributed by atoms with Crippen molar-refractivity contribution < 1.29 is 22.8 Å². The lowest BCUT2D eigenvalue weighted by Crippen LogP contribution is -2.39. The molecular weight excluding hydrogens is 311 g/mol. The van der Waals surface area contributed by atoms with E-state index in [2.05, 4.69) is 10.6 Å². The fraction of sp³-hybridized carbons (Fsp3) is 0.467. The summed E-state index contributed by atoms with van der Waals surface area (Å²) in [6.45, 7) is 2.18. The van der Waals surface area contributed by atoms with Crippen molar-refractivity contribution in [3.05, 3.63) is 29.8 Å². The zero-order valence-electron chi connectivity index (χ0n) is 13.0. The Morgan fingerprint density at radius 2 is 1.87 bits per heavy atom. The summed E-state index contributed by atoms with van der Waals surface area (Å²) in [4.78, 5) is 25.1. The van der Waals surface area contributed by atoms with Crippen LogP contribution in [0.5, 0.6) is 0 Å². The summed E-state index contributed by atoms with van der Waals surface area (Å²) < 4.78 is 38.6. The molecule has 0 bridgehead atoms. The lowest BCUT2D eigenvalue weighted by molar-refractivity contribution is -0.137. The number of nitrogens with one attached hydrogen (secondary N) is 2. The van der Waals surface area contributed by atoms with Crippen LogP contribution in [-0.4, -0.2) is 43.4 Å². The summed E-state index contributed by atoms with van der Waals surface area (Å²) in [5.41, 5.74) is -1.23. The number of carbonyl (C=O) groups is 2. The Kier molecular flexibility index (Phi) is 7.02. The number of para-hydroxylation sites is 1. The third-order valence-electron chi connectivity index (χ3n) is 3.16. The number of anilines is 1. The van der Waals surface area contributed by atoms with E-state index in [1.165, 1.54) is 23.1 Å². The average Bonchev–Trinajstić information content (AvgIpc) is 2.49. The first kappa shape index (κ1) is 19.0. The van der Waals surface area contributed by atoms with E-state index in [9.17, 15) is 22.8 Å². The second kappa shape index (κ2) is 8.52. The molecule has 0 aromatic heterocycles. The van der Waals surface area contributed by atoms with Crippen LogP contribution in [0.2, 0.25) is 0 Å². The van der Waals surface area contributed by atoms with Gasteiger partial charge in [0, 0.05) is 19.5 Å². The molecule has 0 radical (unpaired) electrons. The van der Waals surface area contributed by atoms with E-state index in [0.717, 1.165) is 6.07 Å². The molecule has 1 aromatic rings. The van der Waals surface area contributed by atoms with Crippen LogP contribution in [0.25, 0.3) is 0 Å². The molecule has 8 heteroatoms. The van der Waals surface area contributed by atoms with Crippen molar-refractivity contribution in [3.8, 4) is 0 Å². The van der Waals surface area contributed by atoms with E-state index in [4.69, 9.17) is 0 Å². The van der Waals surface area contributed by atoms with Crippen LogP contribution >= 0.6 is 0 Å². The SMILES string of the molecule is CCN(CC(=O)Nc1ccccc1C(F)(F)F)C(=O)CCNC. The van der Waals surface area contributed by atoms with Gasteiger partial charge < -0.3 is 15.5 Å². The van der Waals surface area contributed by atoms with Gasteiger partial charge in [0.05, 0.1) is 17.8 Å². The van der Waals surface area contributed by atoms with Gasteiger partial charge in [0.25, 0.3) is 0 Å². The van der Waals surface area contributed by atoms with E-state index in [0.29, 0.717) is 13.1 Å². The zero-order valence-corrected chi connectivity index (χ0v) is 13.0. The first-order valence-electron chi connectivity index (χ1n) is 7.18. The third kappa shape index (κ3) is 5.90. The first-order chi connectivity index (χ1) is 10.8. The highest BCUT2D eigenvalue weighted by molar-refractivity contribution is 5.95.